The SMILES string of the molecule is COc1ccc(N(CC2CCCC2)C(=O)Nc2nccs2)cn1. The molecule has 0 radical (unpaired) electrons. The van der Waals surface area contributed by atoms with Crippen LogP contribution in [-0.4, -0.2) is 29.7 Å². The summed E-state index contributed by atoms with van der Waals surface area (Å²) in [6, 6.07) is 3.47. The average molecular weight is 332 g/mol. The molecule has 0 spiro atoms. The maximum Gasteiger partial charge on any atom is 0.328 e. The second kappa shape index (κ2) is 7.41. The molecule has 122 valence electrons. The molecule has 0 aromatic carbocycles. The third-order valence-electron chi connectivity index (χ3n) is 4.05. The Morgan fingerprint density at radius 3 is 2.83 bits per heavy atom. The zero-order valence-electron chi connectivity index (χ0n) is 13.1. The fourth-order valence-corrected chi connectivity index (χ4v) is 3.37. The van der Waals surface area contributed by atoms with Crippen molar-refractivity contribution < 1.29 is 9.53 Å². The van der Waals surface area contributed by atoms with Gasteiger partial charge < -0.3 is 4.74 Å². The molecule has 1 fully saturated rings. The number of thiazole rings is 1. The first kappa shape index (κ1) is 15.7. The van der Waals surface area contributed by atoms with E-state index >= 15 is 0 Å². The number of methoxy groups -OCH3 is 1. The predicted molar refractivity (Wildman–Crippen MR) is 91.2 cm³/mol. The average Bonchev–Trinajstić information content (AvgIpc) is 3.26. The van der Waals surface area contributed by atoms with E-state index in [0.29, 0.717) is 23.5 Å². The third-order valence-corrected chi connectivity index (χ3v) is 4.74. The molecule has 1 aliphatic rings. The van der Waals surface area contributed by atoms with Crippen molar-refractivity contribution in [3.05, 3.63) is 29.9 Å². The second-order valence-electron chi connectivity index (χ2n) is 5.59. The van der Waals surface area contributed by atoms with E-state index in [1.807, 2.05) is 11.4 Å². The molecule has 2 amide bonds. The van der Waals surface area contributed by atoms with Gasteiger partial charge in [-0.2, -0.15) is 0 Å². The molecule has 23 heavy (non-hydrogen) atoms. The summed E-state index contributed by atoms with van der Waals surface area (Å²) in [5, 5.41) is 5.30. The summed E-state index contributed by atoms with van der Waals surface area (Å²) in [4.78, 5) is 22.8. The van der Waals surface area contributed by atoms with Gasteiger partial charge in [-0.1, -0.05) is 12.8 Å². The predicted octanol–water partition coefficient (Wildman–Crippen LogP) is 3.78. The summed E-state index contributed by atoms with van der Waals surface area (Å²) in [5.74, 6) is 1.08. The van der Waals surface area contributed by atoms with Gasteiger partial charge in [0, 0.05) is 24.2 Å². The van der Waals surface area contributed by atoms with Gasteiger partial charge in [0.25, 0.3) is 0 Å². The van der Waals surface area contributed by atoms with Crippen LogP contribution in [0.4, 0.5) is 15.6 Å². The van der Waals surface area contributed by atoms with Crippen molar-refractivity contribution in [2.75, 3.05) is 23.9 Å². The van der Waals surface area contributed by atoms with Crippen LogP contribution < -0.4 is 15.0 Å². The number of amides is 2. The lowest BCUT2D eigenvalue weighted by atomic mass is 10.1. The molecule has 3 rings (SSSR count). The van der Waals surface area contributed by atoms with Crippen molar-refractivity contribution in [2.45, 2.75) is 25.7 Å². The number of pyridine rings is 1. The minimum atomic E-state index is -0.168. The number of nitrogens with one attached hydrogen (secondary N) is 1. The van der Waals surface area contributed by atoms with Crippen LogP contribution in [-0.2, 0) is 0 Å². The number of hydrogen-bond acceptors (Lipinski definition) is 5. The molecule has 0 unspecified atom stereocenters. The number of carbonyl (C=O) groups is 1. The van der Waals surface area contributed by atoms with E-state index in [1.165, 1.54) is 37.0 Å². The summed E-state index contributed by atoms with van der Waals surface area (Å²) in [6.07, 6.45) is 8.18. The molecule has 7 heteroatoms. The Balaban J connectivity index is 1.77. The van der Waals surface area contributed by atoms with Gasteiger partial charge in [-0.15, -0.1) is 11.3 Å². The number of anilines is 2. The fraction of sp³-hybridized carbons (Fsp3) is 0.438. The van der Waals surface area contributed by atoms with Crippen molar-refractivity contribution in [3.63, 3.8) is 0 Å². The van der Waals surface area contributed by atoms with Crippen LogP contribution in [0, 0.1) is 5.92 Å². The highest BCUT2D eigenvalue weighted by Gasteiger charge is 2.24. The van der Waals surface area contributed by atoms with Crippen LogP contribution in [0.15, 0.2) is 29.9 Å². The maximum atomic E-state index is 12.7. The molecule has 0 saturated heterocycles. The lowest BCUT2D eigenvalue weighted by molar-refractivity contribution is 0.255. The summed E-state index contributed by atoms with van der Waals surface area (Å²) in [7, 11) is 1.58. The highest BCUT2D eigenvalue weighted by atomic mass is 32.1. The minimum absolute atomic E-state index is 0.168. The Bertz CT molecular complexity index is 624. The minimum Gasteiger partial charge on any atom is -0.481 e. The topological polar surface area (TPSA) is 67.3 Å². The Morgan fingerprint density at radius 2 is 2.22 bits per heavy atom. The standard InChI is InChI=1S/C16H20N4O2S/c1-22-14-7-6-13(10-18-14)20(11-12-4-2-3-5-12)16(21)19-15-17-8-9-23-15/h6-10,12H,2-5,11H2,1H3,(H,17,19,21). The van der Waals surface area contributed by atoms with Crippen molar-refractivity contribution in [1.29, 1.82) is 0 Å². The number of hydrogen-bond donors (Lipinski definition) is 1. The van der Waals surface area contributed by atoms with E-state index < -0.39 is 0 Å². The number of nitrogens with zero attached hydrogens (tertiary/aromatic N) is 3. The number of carbonyl (C=O) groups excluding carboxylic acids is 1. The summed E-state index contributed by atoms with van der Waals surface area (Å²) < 4.78 is 5.09. The molecule has 1 saturated carbocycles. The van der Waals surface area contributed by atoms with Gasteiger partial charge >= 0.3 is 6.03 Å². The van der Waals surface area contributed by atoms with Crippen LogP contribution in [0.3, 0.4) is 0 Å². The second-order valence-corrected chi connectivity index (χ2v) is 6.48. The van der Waals surface area contributed by atoms with Crippen molar-refractivity contribution in [3.8, 4) is 5.88 Å². The van der Waals surface area contributed by atoms with Gasteiger partial charge in [-0.25, -0.2) is 14.8 Å². The zero-order valence-corrected chi connectivity index (χ0v) is 13.9. The molecule has 2 aromatic heterocycles. The highest BCUT2D eigenvalue weighted by molar-refractivity contribution is 7.13. The molecule has 0 atom stereocenters. The monoisotopic (exact) mass is 332 g/mol. The van der Waals surface area contributed by atoms with Crippen molar-refractivity contribution in [1.82, 2.24) is 9.97 Å². The number of aromatic nitrogens is 2. The van der Waals surface area contributed by atoms with E-state index in [0.717, 1.165) is 5.69 Å². The first-order valence-electron chi connectivity index (χ1n) is 7.74. The zero-order chi connectivity index (χ0) is 16.1. The first-order valence-corrected chi connectivity index (χ1v) is 8.62. The Kier molecular flexibility index (Phi) is 5.07. The Hall–Kier alpha value is -2.15. The first-order chi connectivity index (χ1) is 11.3. The number of urea groups is 1. The molecule has 1 aliphatic carbocycles. The van der Waals surface area contributed by atoms with E-state index in [-0.39, 0.29) is 6.03 Å². The van der Waals surface area contributed by atoms with Gasteiger partial charge in [0.05, 0.1) is 19.0 Å². The smallest absolute Gasteiger partial charge is 0.328 e. The van der Waals surface area contributed by atoms with Gasteiger partial charge in [0.15, 0.2) is 5.13 Å². The fourth-order valence-electron chi connectivity index (χ4n) is 2.85. The summed E-state index contributed by atoms with van der Waals surface area (Å²) >= 11 is 1.41. The lowest BCUT2D eigenvalue weighted by Crippen LogP contribution is -2.38. The largest absolute Gasteiger partial charge is 0.481 e. The van der Waals surface area contributed by atoms with E-state index in [4.69, 9.17) is 4.74 Å². The lowest BCUT2D eigenvalue weighted by Gasteiger charge is -2.25. The highest BCUT2D eigenvalue weighted by Crippen LogP contribution is 2.28. The molecular weight excluding hydrogens is 312 g/mol. The molecular formula is C16H20N4O2S. The van der Waals surface area contributed by atoms with Crippen molar-refractivity contribution >= 4 is 28.2 Å². The van der Waals surface area contributed by atoms with Gasteiger partial charge in [0.1, 0.15) is 0 Å². The van der Waals surface area contributed by atoms with Gasteiger partial charge in [0.2, 0.25) is 5.88 Å². The number of rotatable bonds is 5. The molecule has 2 aromatic rings. The van der Waals surface area contributed by atoms with Crippen LogP contribution >= 0.6 is 11.3 Å². The van der Waals surface area contributed by atoms with Gasteiger partial charge in [-0.3, -0.25) is 10.2 Å². The van der Waals surface area contributed by atoms with E-state index in [9.17, 15) is 4.79 Å². The Morgan fingerprint density at radius 1 is 1.39 bits per heavy atom. The quantitative estimate of drug-likeness (QED) is 0.905. The van der Waals surface area contributed by atoms with Crippen LogP contribution in [0.5, 0.6) is 5.88 Å². The van der Waals surface area contributed by atoms with Gasteiger partial charge in [-0.05, 0) is 24.8 Å². The van der Waals surface area contributed by atoms with Crippen LogP contribution in [0.2, 0.25) is 0 Å². The number of ether oxygens (including phenoxy) is 1. The van der Waals surface area contributed by atoms with Crippen LogP contribution in [0.1, 0.15) is 25.7 Å². The molecule has 1 N–H and O–H groups in total. The summed E-state index contributed by atoms with van der Waals surface area (Å²) in [6.45, 7) is 0.700. The maximum absolute atomic E-state index is 12.7. The summed E-state index contributed by atoms with van der Waals surface area (Å²) in [5.41, 5.74) is 0.770. The van der Waals surface area contributed by atoms with E-state index in [2.05, 4.69) is 15.3 Å². The molecule has 0 aliphatic heterocycles. The van der Waals surface area contributed by atoms with Crippen LogP contribution in [0.25, 0.3) is 0 Å². The molecule has 6 nitrogen and oxygen atoms in total. The molecule has 2 heterocycles. The van der Waals surface area contributed by atoms with Crippen molar-refractivity contribution in [2.24, 2.45) is 5.92 Å². The van der Waals surface area contributed by atoms with E-state index in [1.54, 1.807) is 30.5 Å². The normalized spacial score (nSPS) is 14.7. The molecule has 0 bridgehead atoms. The third kappa shape index (κ3) is 3.98. The Labute approximate surface area is 139 Å².